The molecule has 3 aliphatic heterocycles. The van der Waals surface area contributed by atoms with Gasteiger partial charge in [-0.1, -0.05) is 37.8 Å². The maximum absolute atomic E-state index is 13.9. The monoisotopic (exact) mass is 826 g/mol. The highest BCUT2D eigenvalue weighted by molar-refractivity contribution is 7.92. The van der Waals surface area contributed by atoms with Gasteiger partial charge in [-0.3, -0.25) is 24.8 Å². The molecule has 0 saturated carbocycles. The zero-order chi connectivity index (χ0) is 41.9. The first-order valence-corrected chi connectivity index (χ1v) is 22.6. The molecule has 3 amide bonds. The molecule has 0 unspecified atom stereocenters. The molecule has 2 saturated heterocycles. The van der Waals surface area contributed by atoms with Crippen molar-refractivity contribution in [2.45, 2.75) is 127 Å². The number of nitrogens with zero attached hydrogens (tertiary/aromatic N) is 5. The number of sulfone groups is 1. The predicted octanol–water partition coefficient (Wildman–Crippen LogP) is 6.72. The highest BCUT2D eigenvalue weighted by Gasteiger charge is 2.40. The number of anilines is 2. The third-order valence-electron chi connectivity index (χ3n) is 12.3. The number of fused-ring (bicyclic) bond motifs is 2. The first-order chi connectivity index (χ1) is 28.2. The Labute approximate surface area is 347 Å². The molecule has 15 heteroatoms. The van der Waals surface area contributed by atoms with Gasteiger partial charge in [0.1, 0.15) is 28.8 Å². The lowest BCUT2D eigenvalue weighted by Crippen LogP contribution is -2.52. The van der Waals surface area contributed by atoms with Crippen molar-refractivity contribution in [3.05, 3.63) is 64.6 Å². The van der Waals surface area contributed by atoms with Crippen molar-refractivity contribution in [2.24, 2.45) is 5.92 Å². The summed E-state index contributed by atoms with van der Waals surface area (Å²) in [7, 11) is -3.77. The van der Waals surface area contributed by atoms with Gasteiger partial charge < -0.3 is 19.9 Å². The van der Waals surface area contributed by atoms with E-state index in [1.165, 1.54) is 31.2 Å². The summed E-state index contributed by atoms with van der Waals surface area (Å²) >= 11 is 0. The second-order valence-electron chi connectivity index (χ2n) is 17.4. The number of carbonyl (C=O) groups is 3. The van der Waals surface area contributed by atoms with Gasteiger partial charge in [-0.15, -0.1) is 0 Å². The maximum atomic E-state index is 13.9. The molecule has 2 aromatic carbocycles. The van der Waals surface area contributed by atoms with E-state index in [4.69, 9.17) is 4.74 Å². The summed E-state index contributed by atoms with van der Waals surface area (Å²) in [4.78, 5) is 50.4. The Morgan fingerprint density at radius 3 is 2.39 bits per heavy atom. The Kier molecular flexibility index (Phi) is 12.7. The zero-order valence-corrected chi connectivity index (χ0v) is 35.8. The number of hydrogen-bond acceptors (Lipinski definition) is 11. The maximum Gasteiger partial charge on any atom is 0.255 e. The molecule has 14 nitrogen and oxygen atoms in total. The fourth-order valence-electron chi connectivity index (χ4n) is 8.36. The lowest BCUT2D eigenvalue weighted by atomic mass is 9.97. The summed E-state index contributed by atoms with van der Waals surface area (Å²) in [5, 5.41) is 13.5. The van der Waals surface area contributed by atoms with Crippen molar-refractivity contribution >= 4 is 50.1 Å². The molecule has 7 rings (SSSR count). The number of imide groups is 1. The minimum atomic E-state index is -3.77. The fraction of sp³-hybridized carbons (Fsp3) is 0.545. The molecule has 316 valence electrons. The number of aryl methyl sites for hydroxylation is 2. The topological polar surface area (TPSA) is 180 Å². The number of benzene rings is 2. The number of amides is 3. The second-order valence-corrected chi connectivity index (χ2v) is 20.1. The van der Waals surface area contributed by atoms with Crippen molar-refractivity contribution in [3.63, 3.8) is 0 Å². The van der Waals surface area contributed by atoms with Crippen molar-refractivity contribution in [1.82, 2.24) is 35.3 Å². The van der Waals surface area contributed by atoms with Gasteiger partial charge in [0, 0.05) is 41.2 Å². The number of rotatable bonds is 16. The number of hydrogen-bond donors (Lipinski definition) is 3. The normalized spacial score (nSPS) is 18.1. The lowest BCUT2D eigenvalue weighted by Gasteiger charge is -2.32. The van der Waals surface area contributed by atoms with Crippen LogP contribution in [0.1, 0.15) is 118 Å². The molecule has 1 atom stereocenters. The van der Waals surface area contributed by atoms with Gasteiger partial charge in [0.25, 0.3) is 5.91 Å². The van der Waals surface area contributed by atoms with Crippen LogP contribution in [0.2, 0.25) is 0 Å². The van der Waals surface area contributed by atoms with E-state index in [9.17, 15) is 22.8 Å². The first kappa shape index (κ1) is 42.2. The average Bonchev–Trinajstić information content (AvgIpc) is 3.71. The number of carbonyl (C=O) groups excluding carboxylic acids is 3. The Hall–Kier alpha value is -4.89. The minimum absolute atomic E-state index is 0.117. The number of aromatic nitrogens is 4. The molecule has 0 aliphatic carbocycles. The number of piperidine rings is 2. The van der Waals surface area contributed by atoms with E-state index in [1.807, 2.05) is 26.0 Å². The van der Waals surface area contributed by atoms with Crippen LogP contribution in [-0.2, 0) is 32.4 Å². The molecule has 0 radical (unpaired) electrons. The summed E-state index contributed by atoms with van der Waals surface area (Å²) in [5.74, 6) is 0.978. The highest BCUT2D eigenvalue weighted by atomic mass is 32.2. The molecule has 5 heterocycles. The number of aromatic amines is 1. The Morgan fingerprint density at radius 1 is 0.932 bits per heavy atom. The number of unbranched alkanes of at least 4 members (excludes halogenated alkanes) is 5. The van der Waals surface area contributed by atoms with E-state index in [1.54, 1.807) is 37.8 Å². The van der Waals surface area contributed by atoms with Crippen molar-refractivity contribution in [1.29, 1.82) is 0 Å². The number of likely N-dealkylation sites (tertiary alicyclic amines) is 1. The van der Waals surface area contributed by atoms with Gasteiger partial charge in [0.2, 0.25) is 11.8 Å². The zero-order valence-electron chi connectivity index (χ0n) is 35.0. The van der Waals surface area contributed by atoms with E-state index in [-0.39, 0.29) is 29.0 Å². The number of ether oxygens (including phenoxy) is 1. The Balaban J connectivity index is 0.842. The Bertz CT molecular complexity index is 2310. The molecule has 4 aromatic rings. The van der Waals surface area contributed by atoms with Crippen LogP contribution >= 0.6 is 0 Å². The SMILES string of the molecule is Cc1[nH]nc(Nc2ncnc3cc(OCC4CCN(CCCCCCCCc5cccc6c5CN([C@H]5CCC(=O)NC5=O)C6=O)CC4)c(S(=O)(=O)C(C)(C)C)cc23)c1C. The van der Waals surface area contributed by atoms with Crippen molar-refractivity contribution in [2.75, 3.05) is 31.6 Å². The van der Waals surface area contributed by atoms with E-state index in [0.717, 1.165) is 75.0 Å². The summed E-state index contributed by atoms with van der Waals surface area (Å²) in [5.41, 5.74) is 5.36. The van der Waals surface area contributed by atoms with Crippen LogP contribution < -0.4 is 15.4 Å². The molecule has 0 bridgehead atoms. The number of H-pyrrole nitrogens is 1. The summed E-state index contributed by atoms with van der Waals surface area (Å²) in [6.45, 7) is 12.9. The molecular formula is C44H58N8O6S. The summed E-state index contributed by atoms with van der Waals surface area (Å²) in [6, 6.07) is 8.67. The van der Waals surface area contributed by atoms with Gasteiger partial charge in [-0.25, -0.2) is 18.4 Å². The average molecular weight is 827 g/mol. The van der Waals surface area contributed by atoms with Crippen LogP contribution in [0.5, 0.6) is 5.75 Å². The standard InChI is InChI=1S/C44H58N8O6S/c1-28-29(2)49-50-40(28)48-41-33-23-38(59(56,57)44(3,4)5)37(24-35(33)45-27-46-41)58-26-30-18-21-51(22-19-30)20-11-9-7-6-8-10-13-31-14-12-15-32-34(31)25-52(43(32)55)36-16-17-39(53)47-42(36)54/h12,14-15,23-24,27,30,36H,6-11,13,16-22,25-26H2,1-5H3,(H,47,53,54)(H2,45,46,48,49,50)/t36-/m0/s1. The molecule has 0 spiro atoms. The van der Waals surface area contributed by atoms with E-state index in [2.05, 4.69) is 41.8 Å². The molecular weight excluding hydrogens is 769 g/mol. The fourth-order valence-corrected chi connectivity index (χ4v) is 9.68. The smallest absolute Gasteiger partial charge is 0.255 e. The van der Waals surface area contributed by atoms with Gasteiger partial charge >= 0.3 is 0 Å². The molecule has 2 fully saturated rings. The van der Waals surface area contributed by atoms with Crippen molar-refractivity contribution < 1.29 is 27.5 Å². The van der Waals surface area contributed by atoms with Crippen LogP contribution in [0.4, 0.5) is 11.6 Å². The van der Waals surface area contributed by atoms with Crippen LogP contribution in [-0.4, -0.2) is 93.1 Å². The summed E-state index contributed by atoms with van der Waals surface area (Å²) < 4.78 is 33.2. The van der Waals surface area contributed by atoms with Gasteiger partial charge in [-0.2, -0.15) is 5.10 Å². The molecule has 3 aliphatic rings. The van der Waals surface area contributed by atoms with Crippen molar-refractivity contribution in [3.8, 4) is 5.75 Å². The van der Waals surface area contributed by atoms with E-state index < -0.39 is 20.6 Å². The quantitative estimate of drug-likeness (QED) is 0.0807. The van der Waals surface area contributed by atoms with E-state index >= 15 is 0 Å². The molecule has 2 aromatic heterocycles. The molecule has 3 N–H and O–H groups in total. The highest BCUT2D eigenvalue weighted by Crippen LogP contribution is 2.38. The lowest BCUT2D eigenvalue weighted by molar-refractivity contribution is -0.136. The first-order valence-electron chi connectivity index (χ1n) is 21.1. The number of nitrogens with one attached hydrogen (secondary N) is 3. The van der Waals surface area contributed by atoms with Crippen LogP contribution in [0.15, 0.2) is 41.6 Å². The van der Waals surface area contributed by atoms with Crippen LogP contribution in [0.3, 0.4) is 0 Å². The van der Waals surface area contributed by atoms with Crippen LogP contribution in [0, 0.1) is 19.8 Å². The molecule has 59 heavy (non-hydrogen) atoms. The minimum Gasteiger partial charge on any atom is -0.492 e. The van der Waals surface area contributed by atoms with Gasteiger partial charge in [0.15, 0.2) is 15.7 Å². The largest absolute Gasteiger partial charge is 0.492 e. The Morgan fingerprint density at radius 2 is 1.68 bits per heavy atom. The second kappa shape index (κ2) is 17.8. The predicted molar refractivity (Wildman–Crippen MR) is 226 cm³/mol. The third kappa shape index (κ3) is 9.30. The van der Waals surface area contributed by atoms with Gasteiger partial charge in [-0.05, 0) is 122 Å². The van der Waals surface area contributed by atoms with Gasteiger partial charge in [0.05, 0.1) is 16.9 Å². The van der Waals surface area contributed by atoms with E-state index in [0.29, 0.717) is 59.3 Å². The summed E-state index contributed by atoms with van der Waals surface area (Å²) in [6.07, 6.45) is 11.9. The third-order valence-corrected chi connectivity index (χ3v) is 14.8. The van der Waals surface area contributed by atoms with Crippen LogP contribution in [0.25, 0.3) is 10.9 Å².